The molecule has 0 amide bonds. The lowest BCUT2D eigenvalue weighted by Gasteiger charge is -2.03. The maximum Gasteiger partial charge on any atom is 0.135 e. The van der Waals surface area contributed by atoms with Crippen molar-refractivity contribution in [2.45, 2.75) is 55.4 Å². The first-order valence-corrected chi connectivity index (χ1v) is 45.2. The summed E-state index contributed by atoms with van der Waals surface area (Å²) in [6.07, 6.45) is 0. The summed E-state index contributed by atoms with van der Waals surface area (Å²) in [6, 6.07) is 136. The molecule has 0 aliphatic rings. The summed E-state index contributed by atoms with van der Waals surface area (Å²) in [5.41, 5.74) is 23.1. The fourth-order valence-corrected chi connectivity index (χ4v) is 21.3. The summed E-state index contributed by atoms with van der Waals surface area (Å²) in [5, 5.41) is 20.7. The molecular formula is C116H88O4S4. The number of thiophene rings is 4. The topological polar surface area (TPSA) is 52.6 Å². The van der Waals surface area contributed by atoms with E-state index in [-0.39, 0.29) is 0 Å². The molecule has 0 aliphatic carbocycles. The van der Waals surface area contributed by atoms with Gasteiger partial charge in [-0.25, -0.2) is 0 Å². The molecule has 0 saturated carbocycles. The molecular weight excluding hydrogens is 1590 g/mol. The van der Waals surface area contributed by atoms with Crippen molar-refractivity contribution in [3.05, 3.63) is 433 Å². The van der Waals surface area contributed by atoms with Crippen LogP contribution in [0.5, 0.6) is 0 Å². The Morgan fingerprint density at radius 2 is 0.500 bits per heavy atom. The van der Waals surface area contributed by atoms with Crippen molar-refractivity contribution >= 4 is 214 Å². The van der Waals surface area contributed by atoms with Gasteiger partial charge in [0.25, 0.3) is 0 Å². The molecule has 0 spiro atoms. The Bertz CT molecular complexity index is 8120. The summed E-state index contributed by atoms with van der Waals surface area (Å²) < 4.78 is 34.3. The van der Waals surface area contributed by atoms with E-state index in [0.29, 0.717) is 0 Å². The van der Waals surface area contributed by atoms with Crippen LogP contribution in [0.3, 0.4) is 0 Å². The van der Waals surface area contributed by atoms with E-state index >= 15 is 0 Å². The zero-order chi connectivity index (χ0) is 84.3. The molecule has 0 atom stereocenters. The first-order chi connectivity index (χ1) is 60.7. The van der Waals surface area contributed by atoms with Crippen molar-refractivity contribution in [1.29, 1.82) is 0 Å². The number of benzene rings is 18. The molecule has 18 aromatic carbocycles. The number of para-hydroxylation sites is 4. The summed E-state index contributed by atoms with van der Waals surface area (Å²) in [7, 11) is 0. The standard InChI is InChI=1S/2C19H14O.2C13H10O.4C13H10S/c1-13-5-4-6-14(11-13)15-9-10-19-17(12-15)16-7-2-3-8-18(16)20-19;1-13-6-8-14(9-7-13)15-10-11-19-17(12-15)16-4-2-3-5-18(16)20-19;1-9-5-4-8-12-13(9)10-6-2-3-7-11(10)14-12;1-9-6-7-11-10-4-2-3-5-12(10)14-13(11)8-9;1-9-5-4-7-11-10-6-2-3-8-12(10)14-13(9)11;1-9-5-4-8-12-13(9)10-6-2-3-7-11(10)14-12;1-9-6-7-13-11(8-9)10-4-2-3-5-12(10)14-13;1-9-6-7-11-10-4-2-3-5-12(10)14-13(11)8-9/h2*2-12H,1H3;6*2-8H,1H3. The van der Waals surface area contributed by atoms with Gasteiger partial charge in [0.2, 0.25) is 0 Å². The average molecular weight is 1670 g/mol. The van der Waals surface area contributed by atoms with E-state index in [4.69, 9.17) is 17.7 Å². The minimum atomic E-state index is 0.946. The minimum absolute atomic E-state index is 0.946. The lowest BCUT2D eigenvalue weighted by Crippen LogP contribution is -1.79. The molecule has 0 unspecified atom stereocenters. The highest BCUT2D eigenvalue weighted by Gasteiger charge is 2.14. The van der Waals surface area contributed by atoms with Gasteiger partial charge in [0.15, 0.2) is 0 Å². The van der Waals surface area contributed by atoms with E-state index in [2.05, 4.69) is 371 Å². The summed E-state index contributed by atoms with van der Waals surface area (Å²) in [6.45, 7) is 17.1. The highest BCUT2D eigenvalue weighted by atomic mass is 32.1. The molecule has 4 nitrogen and oxygen atoms in total. The smallest absolute Gasteiger partial charge is 0.135 e. The molecule has 26 aromatic rings. The van der Waals surface area contributed by atoms with Gasteiger partial charge in [-0.15, -0.1) is 45.3 Å². The lowest BCUT2D eigenvalue weighted by atomic mass is 10.0. The van der Waals surface area contributed by atoms with Crippen molar-refractivity contribution in [1.82, 2.24) is 0 Å². The van der Waals surface area contributed by atoms with Crippen molar-refractivity contribution in [3.8, 4) is 22.3 Å². The molecule has 0 fully saturated rings. The van der Waals surface area contributed by atoms with E-state index < -0.39 is 0 Å². The van der Waals surface area contributed by atoms with E-state index in [1.807, 2.05) is 118 Å². The summed E-state index contributed by atoms with van der Waals surface area (Å²) in [5.74, 6) is 0. The van der Waals surface area contributed by atoms with Gasteiger partial charge in [0.05, 0.1) is 0 Å². The molecule has 8 heterocycles. The van der Waals surface area contributed by atoms with Crippen LogP contribution in [0.15, 0.2) is 406 Å². The molecule has 8 heteroatoms. The van der Waals surface area contributed by atoms with Crippen LogP contribution in [-0.2, 0) is 0 Å². The van der Waals surface area contributed by atoms with Crippen LogP contribution >= 0.6 is 45.3 Å². The number of fused-ring (bicyclic) bond motifs is 24. The molecule has 600 valence electrons. The second-order valence-corrected chi connectivity index (χ2v) is 36.1. The molecule has 124 heavy (non-hydrogen) atoms. The Balaban J connectivity index is 0.0000000934. The Labute approximate surface area is 736 Å². The third-order valence-electron chi connectivity index (χ3n) is 22.9. The summed E-state index contributed by atoms with van der Waals surface area (Å²) >= 11 is 7.51. The monoisotopic (exact) mass is 1670 g/mol. The van der Waals surface area contributed by atoms with Crippen LogP contribution < -0.4 is 0 Å². The second kappa shape index (κ2) is 35.2. The Morgan fingerprint density at radius 3 is 1.13 bits per heavy atom. The van der Waals surface area contributed by atoms with Crippen molar-refractivity contribution in [3.63, 3.8) is 0 Å². The molecule has 0 saturated heterocycles. The fraction of sp³-hybridized carbons (Fsp3) is 0.0690. The molecule has 8 aromatic heterocycles. The van der Waals surface area contributed by atoms with Crippen molar-refractivity contribution in [2.75, 3.05) is 0 Å². The third kappa shape index (κ3) is 16.6. The van der Waals surface area contributed by atoms with Crippen LogP contribution in [0, 0.1) is 55.4 Å². The third-order valence-corrected chi connectivity index (χ3v) is 27.7. The lowest BCUT2D eigenvalue weighted by molar-refractivity contribution is 0.668. The van der Waals surface area contributed by atoms with Gasteiger partial charge in [0.1, 0.15) is 44.7 Å². The predicted octanol–water partition coefficient (Wildman–Crippen LogP) is 36.4. The Hall–Kier alpha value is -14.0. The highest BCUT2D eigenvalue weighted by Crippen LogP contribution is 2.41. The minimum Gasteiger partial charge on any atom is -0.456 e. The number of hydrogen-bond donors (Lipinski definition) is 0. The second-order valence-electron chi connectivity index (χ2n) is 31.8. The Morgan fingerprint density at radius 1 is 0.153 bits per heavy atom. The van der Waals surface area contributed by atoms with Gasteiger partial charge in [-0.1, -0.05) is 296 Å². The van der Waals surface area contributed by atoms with Crippen molar-refractivity contribution < 1.29 is 17.7 Å². The quantitative estimate of drug-likeness (QED) is 0.173. The average Bonchev–Trinajstić information content (AvgIpc) is 1.63. The van der Waals surface area contributed by atoms with Gasteiger partial charge in [-0.3, -0.25) is 0 Å². The number of rotatable bonds is 2. The molecule has 0 radical (unpaired) electrons. The molecule has 0 bridgehead atoms. The van der Waals surface area contributed by atoms with Gasteiger partial charge in [-0.05, 0) is 215 Å². The molecule has 0 N–H and O–H groups in total. The first kappa shape index (κ1) is 79.8. The van der Waals surface area contributed by atoms with Gasteiger partial charge in [0, 0.05) is 124 Å². The van der Waals surface area contributed by atoms with Crippen LogP contribution in [-0.4, -0.2) is 0 Å². The zero-order valence-electron chi connectivity index (χ0n) is 70.2. The van der Waals surface area contributed by atoms with Crippen molar-refractivity contribution in [2.24, 2.45) is 0 Å². The van der Waals surface area contributed by atoms with E-state index in [1.54, 1.807) is 0 Å². The summed E-state index contributed by atoms with van der Waals surface area (Å²) in [4.78, 5) is 0. The Kier molecular flexibility index (Phi) is 22.7. The molecule has 26 rings (SSSR count). The van der Waals surface area contributed by atoms with Gasteiger partial charge in [-0.2, -0.15) is 0 Å². The largest absolute Gasteiger partial charge is 0.456 e. The maximum atomic E-state index is 5.87. The SMILES string of the molecule is Cc1ccc(-c2ccc3oc4ccccc4c3c2)cc1.Cc1ccc2c(c1)oc1ccccc12.Cc1ccc2c(c1)sc1ccccc12.Cc1ccc2sc3ccccc3c2c1.Cc1cccc(-c2ccc3oc4ccccc4c3c2)c1.Cc1cccc2c1sc1ccccc12.Cc1cccc2oc3ccccc3c12.Cc1cccc2sc3ccccc3c12. The normalized spacial score (nSPS) is 11.2. The van der Waals surface area contributed by atoms with Crippen LogP contribution in [0.2, 0.25) is 0 Å². The number of furan rings is 4. The highest BCUT2D eigenvalue weighted by molar-refractivity contribution is 7.27. The van der Waals surface area contributed by atoms with Gasteiger partial charge < -0.3 is 17.7 Å². The van der Waals surface area contributed by atoms with Crippen LogP contribution in [0.1, 0.15) is 44.5 Å². The van der Waals surface area contributed by atoms with E-state index in [9.17, 15) is 0 Å². The first-order valence-electron chi connectivity index (χ1n) is 41.9. The zero-order valence-corrected chi connectivity index (χ0v) is 73.5. The molecule has 0 aliphatic heterocycles. The van der Waals surface area contributed by atoms with Crippen LogP contribution in [0.25, 0.3) is 191 Å². The maximum absolute atomic E-state index is 5.87. The number of aryl methyl sites for hydroxylation is 8. The van der Waals surface area contributed by atoms with E-state index in [1.165, 1.54) is 191 Å². The predicted molar refractivity (Wildman–Crippen MR) is 541 cm³/mol. The van der Waals surface area contributed by atoms with Crippen LogP contribution in [0.4, 0.5) is 0 Å². The van der Waals surface area contributed by atoms with E-state index in [0.717, 1.165) is 44.7 Å². The van der Waals surface area contributed by atoms with Gasteiger partial charge >= 0.3 is 0 Å². The number of hydrogen-bond acceptors (Lipinski definition) is 8. The fourth-order valence-electron chi connectivity index (χ4n) is 16.7.